The van der Waals surface area contributed by atoms with Crippen LogP contribution >= 0.6 is 23.2 Å². The van der Waals surface area contributed by atoms with Crippen molar-refractivity contribution in [1.82, 2.24) is 0 Å². The molecule has 0 aromatic heterocycles. The van der Waals surface area contributed by atoms with E-state index in [0.29, 0.717) is 39.4 Å². The lowest BCUT2D eigenvalue weighted by molar-refractivity contribution is -0.112. The lowest BCUT2D eigenvalue weighted by Crippen LogP contribution is -2.13. The molecule has 0 saturated carbocycles. The van der Waals surface area contributed by atoms with Gasteiger partial charge in [0.15, 0.2) is 11.5 Å². The minimum Gasteiger partial charge on any atom is -0.490 e. The number of amides is 1. The zero-order valence-corrected chi connectivity index (χ0v) is 19.7. The van der Waals surface area contributed by atoms with Crippen molar-refractivity contribution in [2.24, 2.45) is 0 Å². The summed E-state index contributed by atoms with van der Waals surface area (Å²) in [5.74, 6) is 0.268. The number of nitriles is 1. The molecular formula is C26H22Cl2N2O3. The van der Waals surface area contributed by atoms with Gasteiger partial charge in [-0.25, -0.2) is 0 Å². The highest BCUT2D eigenvalue weighted by Crippen LogP contribution is 2.38. The molecule has 0 spiro atoms. The number of benzene rings is 3. The molecule has 3 aromatic carbocycles. The maximum absolute atomic E-state index is 12.6. The fraction of sp³-hybridized carbons (Fsp3) is 0.154. The number of rotatable bonds is 8. The molecule has 0 bridgehead atoms. The zero-order valence-electron chi connectivity index (χ0n) is 18.2. The third kappa shape index (κ3) is 6.76. The van der Waals surface area contributed by atoms with Gasteiger partial charge in [0.1, 0.15) is 18.2 Å². The summed E-state index contributed by atoms with van der Waals surface area (Å²) >= 11 is 12.5. The number of ether oxygens (including phenoxy) is 2. The molecule has 0 radical (unpaired) electrons. The van der Waals surface area contributed by atoms with Crippen LogP contribution in [0.5, 0.6) is 11.5 Å². The molecular weight excluding hydrogens is 459 g/mol. The summed E-state index contributed by atoms with van der Waals surface area (Å²) in [5, 5.41) is 13.2. The van der Waals surface area contributed by atoms with Gasteiger partial charge in [0.05, 0.1) is 11.6 Å². The minimum absolute atomic E-state index is 0.0679. The van der Waals surface area contributed by atoms with Crippen LogP contribution in [0.25, 0.3) is 6.08 Å². The van der Waals surface area contributed by atoms with E-state index < -0.39 is 5.91 Å². The zero-order chi connectivity index (χ0) is 23.8. The van der Waals surface area contributed by atoms with Crippen LogP contribution in [-0.4, -0.2) is 12.5 Å². The van der Waals surface area contributed by atoms with Gasteiger partial charge in [-0.1, -0.05) is 53.0 Å². The Labute approximate surface area is 203 Å². The molecule has 1 amide bonds. The Morgan fingerprint density at radius 2 is 1.85 bits per heavy atom. The number of halogens is 2. The largest absolute Gasteiger partial charge is 0.490 e. The van der Waals surface area contributed by atoms with E-state index in [1.165, 1.54) is 6.08 Å². The number of carbonyl (C=O) groups excluding carboxylic acids is 1. The van der Waals surface area contributed by atoms with E-state index in [2.05, 4.69) is 5.32 Å². The van der Waals surface area contributed by atoms with E-state index in [4.69, 9.17) is 32.7 Å². The molecule has 0 aliphatic rings. The predicted molar refractivity (Wildman–Crippen MR) is 132 cm³/mol. The summed E-state index contributed by atoms with van der Waals surface area (Å²) in [6, 6.07) is 19.9. The number of carbonyl (C=O) groups is 1. The lowest BCUT2D eigenvalue weighted by Gasteiger charge is -2.15. The van der Waals surface area contributed by atoms with Crippen molar-refractivity contribution in [3.63, 3.8) is 0 Å². The number of hydrogen-bond donors (Lipinski definition) is 1. The Morgan fingerprint density at radius 3 is 2.52 bits per heavy atom. The van der Waals surface area contributed by atoms with Gasteiger partial charge >= 0.3 is 0 Å². The van der Waals surface area contributed by atoms with Gasteiger partial charge in [0.25, 0.3) is 5.91 Å². The summed E-state index contributed by atoms with van der Waals surface area (Å²) in [5.41, 5.74) is 3.02. The second-order valence-electron chi connectivity index (χ2n) is 7.17. The molecule has 0 heterocycles. The Bertz CT molecular complexity index is 1220. The lowest BCUT2D eigenvalue weighted by atomic mass is 10.1. The highest BCUT2D eigenvalue weighted by Gasteiger charge is 2.15. The van der Waals surface area contributed by atoms with Crippen LogP contribution in [0.15, 0.2) is 66.2 Å². The second-order valence-corrected chi connectivity index (χ2v) is 8.02. The highest BCUT2D eigenvalue weighted by molar-refractivity contribution is 6.32. The Morgan fingerprint density at radius 1 is 1.09 bits per heavy atom. The van der Waals surface area contributed by atoms with E-state index in [0.717, 1.165) is 11.1 Å². The highest BCUT2D eigenvalue weighted by atomic mass is 35.5. The summed E-state index contributed by atoms with van der Waals surface area (Å²) in [7, 11) is 0. The molecule has 0 atom stereocenters. The van der Waals surface area contributed by atoms with Crippen LogP contribution in [0.4, 0.5) is 5.69 Å². The Hall–Kier alpha value is -3.46. The van der Waals surface area contributed by atoms with Crippen molar-refractivity contribution in [3.8, 4) is 17.6 Å². The molecule has 5 nitrogen and oxygen atoms in total. The van der Waals surface area contributed by atoms with Crippen molar-refractivity contribution in [1.29, 1.82) is 5.26 Å². The average molecular weight is 481 g/mol. The fourth-order valence-electron chi connectivity index (χ4n) is 3.01. The first kappa shape index (κ1) is 24.2. The van der Waals surface area contributed by atoms with E-state index >= 15 is 0 Å². The molecule has 1 N–H and O–H groups in total. The third-order valence-corrected chi connectivity index (χ3v) is 5.11. The van der Waals surface area contributed by atoms with Crippen LogP contribution in [0, 0.1) is 18.3 Å². The summed E-state index contributed by atoms with van der Waals surface area (Å²) in [6.07, 6.45) is 1.46. The van der Waals surface area contributed by atoms with Crippen molar-refractivity contribution in [2.75, 3.05) is 11.9 Å². The monoisotopic (exact) mass is 480 g/mol. The second kappa shape index (κ2) is 11.4. The number of hydrogen-bond acceptors (Lipinski definition) is 4. The van der Waals surface area contributed by atoms with Gasteiger partial charge in [0, 0.05) is 10.7 Å². The van der Waals surface area contributed by atoms with Crippen molar-refractivity contribution in [2.45, 2.75) is 20.5 Å². The SMILES string of the molecule is CCOc1cc(/C=C(\C#N)C(=O)Nc2ccc(C)cc2)cc(Cl)c1OCc1cccc(Cl)c1. The van der Waals surface area contributed by atoms with Crippen LogP contribution in [-0.2, 0) is 11.4 Å². The number of aryl methyl sites for hydroxylation is 1. The average Bonchev–Trinajstić information content (AvgIpc) is 2.78. The first-order valence-corrected chi connectivity index (χ1v) is 11.0. The standard InChI is InChI=1S/C26H22Cl2N2O3/c1-3-32-24-14-19(11-20(15-29)26(31)30-22-9-7-17(2)8-10-22)13-23(28)25(24)33-16-18-5-4-6-21(27)12-18/h4-14H,3,16H2,1-2H3,(H,30,31)/b20-11+. The molecule has 0 saturated heterocycles. The molecule has 0 unspecified atom stereocenters. The normalized spacial score (nSPS) is 10.9. The molecule has 33 heavy (non-hydrogen) atoms. The molecule has 0 aliphatic carbocycles. The smallest absolute Gasteiger partial charge is 0.266 e. The quantitative estimate of drug-likeness (QED) is 0.283. The topological polar surface area (TPSA) is 71.3 Å². The molecule has 0 fully saturated rings. The number of nitrogens with zero attached hydrogens (tertiary/aromatic N) is 1. The van der Waals surface area contributed by atoms with E-state index in [1.54, 1.807) is 36.4 Å². The maximum atomic E-state index is 12.6. The first-order valence-electron chi connectivity index (χ1n) is 10.2. The predicted octanol–water partition coefficient (Wildman–Crippen LogP) is 6.83. The van der Waals surface area contributed by atoms with Crippen molar-refractivity contribution in [3.05, 3.63) is 93.0 Å². The van der Waals surface area contributed by atoms with Crippen LogP contribution in [0.1, 0.15) is 23.6 Å². The minimum atomic E-state index is -0.517. The summed E-state index contributed by atoms with van der Waals surface area (Å²) < 4.78 is 11.6. The van der Waals surface area contributed by atoms with Gasteiger partial charge in [-0.3, -0.25) is 4.79 Å². The van der Waals surface area contributed by atoms with Gasteiger partial charge in [-0.2, -0.15) is 5.26 Å². The number of nitrogens with one attached hydrogen (secondary N) is 1. The first-order chi connectivity index (χ1) is 15.9. The van der Waals surface area contributed by atoms with Gasteiger partial charge < -0.3 is 14.8 Å². The fourth-order valence-corrected chi connectivity index (χ4v) is 3.49. The van der Waals surface area contributed by atoms with Crippen LogP contribution < -0.4 is 14.8 Å². The molecule has 7 heteroatoms. The van der Waals surface area contributed by atoms with Crippen molar-refractivity contribution < 1.29 is 14.3 Å². The van der Waals surface area contributed by atoms with E-state index in [-0.39, 0.29) is 12.2 Å². The molecule has 3 rings (SSSR count). The van der Waals surface area contributed by atoms with Crippen molar-refractivity contribution >= 4 is 40.9 Å². The third-order valence-electron chi connectivity index (χ3n) is 4.59. The van der Waals surface area contributed by atoms with E-state index in [9.17, 15) is 10.1 Å². The number of anilines is 1. The molecule has 168 valence electrons. The Balaban J connectivity index is 1.84. The van der Waals surface area contributed by atoms with Gasteiger partial charge in [0.2, 0.25) is 0 Å². The van der Waals surface area contributed by atoms with Crippen LogP contribution in [0.2, 0.25) is 10.0 Å². The Kier molecular flexibility index (Phi) is 8.37. The maximum Gasteiger partial charge on any atom is 0.266 e. The van der Waals surface area contributed by atoms with Gasteiger partial charge in [-0.05, 0) is 67.4 Å². The molecule has 3 aromatic rings. The summed E-state index contributed by atoms with van der Waals surface area (Å²) in [6.45, 7) is 4.43. The van der Waals surface area contributed by atoms with Crippen LogP contribution in [0.3, 0.4) is 0 Å². The summed E-state index contributed by atoms with van der Waals surface area (Å²) in [4.78, 5) is 12.6. The molecule has 0 aliphatic heterocycles. The van der Waals surface area contributed by atoms with Gasteiger partial charge in [-0.15, -0.1) is 0 Å². The van der Waals surface area contributed by atoms with E-state index in [1.807, 2.05) is 44.2 Å².